The van der Waals surface area contributed by atoms with E-state index in [1.807, 2.05) is 6.07 Å². The van der Waals surface area contributed by atoms with Crippen LogP contribution >= 0.6 is 11.3 Å². The summed E-state index contributed by atoms with van der Waals surface area (Å²) in [6, 6.07) is 3.99. The number of hydrogen-bond donors (Lipinski definition) is 3. The molecule has 26 heavy (non-hydrogen) atoms. The van der Waals surface area contributed by atoms with Crippen LogP contribution in [-0.4, -0.2) is 41.0 Å². The standard InChI is InChI=1S/C18H24N4O3S/c1-11-3-5-13(26-11)8-20-17(23)12-4-6-14(16(7-12)25-2)22-18(24)15-9-19-10-21-15/h3,5,9-10,12,14,16H,4,6-8H2,1-2H3,(H,19,21)(H,20,23)(H,22,24). The molecule has 1 aliphatic rings. The molecule has 1 saturated carbocycles. The van der Waals surface area contributed by atoms with Gasteiger partial charge in [-0.3, -0.25) is 9.59 Å². The maximum atomic E-state index is 12.5. The molecule has 0 aliphatic heterocycles. The lowest BCUT2D eigenvalue weighted by Crippen LogP contribution is -2.49. The number of H-pyrrole nitrogens is 1. The maximum absolute atomic E-state index is 12.5. The van der Waals surface area contributed by atoms with Crippen LogP contribution in [0.25, 0.3) is 0 Å². The normalized spacial score (nSPS) is 22.8. The van der Waals surface area contributed by atoms with Crippen molar-refractivity contribution in [2.45, 2.75) is 44.9 Å². The number of aromatic nitrogens is 2. The third-order valence-electron chi connectivity index (χ3n) is 4.76. The van der Waals surface area contributed by atoms with Crippen molar-refractivity contribution in [2.24, 2.45) is 5.92 Å². The Hall–Kier alpha value is -2.19. The second kappa shape index (κ2) is 8.46. The molecule has 7 nitrogen and oxygen atoms in total. The van der Waals surface area contributed by atoms with Crippen molar-refractivity contribution in [3.8, 4) is 0 Å². The first-order chi connectivity index (χ1) is 12.6. The van der Waals surface area contributed by atoms with Gasteiger partial charge in [-0.2, -0.15) is 0 Å². The zero-order valence-corrected chi connectivity index (χ0v) is 15.8. The average Bonchev–Trinajstić information content (AvgIpc) is 3.31. The summed E-state index contributed by atoms with van der Waals surface area (Å²) in [5.74, 6) is -0.247. The van der Waals surface area contributed by atoms with E-state index < -0.39 is 0 Å². The van der Waals surface area contributed by atoms with Crippen LogP contribution in [0.2, 0.25) is 0 Å². The number of nitrogens with zero attached hydrogens (tertiary/aromatic N) is 1. The van der Waals surface area contributed by atoms with Gasteiger partial charge in [0, 0.05) is 22.8 Å². The number of imidazole rings is 1. The third kappa shape index (κ3) is 4.50. The highest BCUT2D eigenvalue weighted by Crippen LogP contribution is 2.27. The van der Waals surface area contributed by atoms with E-state index in [2.05, 4.69) is 33.6 Å². The van der Waals surface area contributed by atoms with Gasteiger partial charge in [0.05, 0.1) is 31.2 Å². The Morgan fingerprint density at radius 2 is 2.23 bits per heavy atom. The first-order valence-corrected chi connectivity index (χ1v) is 9.53. The SMILES string of the molecule is COC1CC(C(=O)NCc2ccc(C)s2)CCC1NC(=O)c1cnc[nH]1. The van der Waals surface area contributed by atoms with E-state index in [1.165, 1.54) is 17.4 Å². The largest absolute Gasteiger partial charge is 0.379 e. The van der Waals surface area contributed by atoms with Gasteiger partial charge in [-0.25, -0.2) is 4.98 Å². The van der Waals surface area contributed by atoms with Crippen molar-refractivity contribution in [3.63, 3.8) is 0 Å². The smallest absolute Gasteiger partial charge is 0.269 e. The Bertz CT molecular complexity index is 743. The molecule has 1 aliphatic carbocycles. The van der Waals surface area contributed by atoms with Crippen LogP contribution in [-0.2, 0) is 16.1 Å². The molecule has 0 spiro atoms. The van der Waals surface area contributed by atoms with Crippen molar-refractivity contribution in [1.29, 1.82) is 0 Å². The molecule has 3 rings (SSSR count). The van der Waals surface area contributed by atoms with Gasteiger partial charge in [-0.05, 0) is 38.3 Å². The number of rotatable bonds is 6. The zero-order valence-electron chi connectivity index (χ0n) is 15.0. The van der Waals surface area contributed by atoms with Crippen LogP contribution in [0.4, 0.5) is 0 Å². The molecule has 3 N–H and O–H groups in total. The first kappa shape index (κ1) is 18.6. The molecule has 8 heteroatoms. The van der Waals surface area contributed by atoms with Crippen LogP contribution < -0.4 is 10.6 Å². The van der Waals surface area contributed by atoms with Gasteiger partial charge in [0.2, 0.25) is 5.91 Å². The summed E-state index contributed by atoms with van der Waals surface area (Å²) in [6.45, 7) is 2.61. The van der Waals surface area contributed by atoms with E-state index in [4.69, 9.17) is 4.74 Å². The summed E-state index contributed by atoms with van der Waals surface area (Å²) in [6.07, 6.45) is 4.80. The molecule has 0 radical (unpaired) electrons. The molecular formula is C18H24N4O3S. The van der Waals surface area contributed by atoms with Crippen molar-refractivity contribution in [3.05, 3.63) is 40.1 Å². The summed E-state index contributed by atoms with van der Waals surface area (Å²) in [7, 11) is 1.62. The fourth-order valence-electron chi connectivity index (χ4n) is 3.32. The quantitative estimate of drug-likeness (QED) is 0.719. The lowest BCUT2D eigenvalue weighted by atomic mass is 9.83. The van der Waals surface area contributed by atoms with Crippen molar-refractivity contribution < 1.29 is 14.3 Å². The minimum atomic E-state index is -0.203. The summed E-state index contributed by atoms with van der Waals surface area (Å²) < 4.78 is 5.55. The summed E-state index contributed by atoms with van der Waals surface area (Å²) in [4.78, 5) is 33.7. The van der Waals surface area contributed by atoms with Crippen LogP contribution in [0.5, 0.6) is 0 Å². The molecule has 2 heterocycles. The van der Waals surface area contributed by atoms with Crippen molar-refractivity contribution in [1.82, 2.24) is 20.6 Å². The number of ether oxygens (including phenoxy) is 1. The Labute approximate surface area is 156 Å². The summed E-state index contributed by atoms with van der Waals surface area (Å²) in [5, 5.41) is 6.00. The van der Waals surface area contributed by atoms with Gasteiger partial charge in [0.15, 0.2) is 0 Å². The lowest BCUT2D eigenvalue weighted by Gasteiger charge is -2.35. The van der Waals surface area contributed by atoms with Crippen LogP contribution in [0.3, 0.4) is 0 Å². The predicted molar refractivity (Wildman–Crippen MR) is 98.9 cm³/mol. The Balaban J connectivity index is 1.51. The van der Waals surface area contributed by atoms with Gasteiger partial charge in [-0.15, -0.1) is 11.3 Å². The van der Waals surface area contributed by atoms with Crippen LogP contribution in [0.15, 0.2) is 24.7 Å². The van der Waals surface area contributed by atoms with E-state index in [-0.39, 0.29) is 29.9 Å². The average molecular weight is 376 g/mol. The highest BCUT2D eigenvalue weighted by molar-refractivity contribution is 7.11. The van der Waals surface area contributed by atoms with Gasteiger partial charge < -0.3 is 20.4 Å². The van der Waals surface area contributed by atoms with Crippen molar-refractivity contribution in [2.75, 3.05) is 7.11 Å². The predicted octanol–water partition coefficient (Wildman–Crippen LogP) is 2.01. The van der Waals surface area contributed by atoms with E-state index >= 15 is 0 Å². The monoisotopic (exact) mass is 376 g/mol. The fraction of sp³-hybridized carbons (Fsp3) is 0.500. The third-order valence-corrected chi connectivity index (χ3v) is 5.76. The number of hydrogen-bond acceptors (Lipinski definition) is 5. The van der Waals surface area contributed by atoms with Crippen molar-refractivity contribution >= 4 is 23.2 Å². The Kier molecular flexibility index (Phi) is 6.05. The first-order valence-electron chi connectivity index (χ1n) is 8.72. The molecule has 1 fully saturated rings. The number of methoxy groups -OCH3 is 1. The summed E-state index contributed by atoms with van der Waals surface area (Å²) in [5.41, 5.74) is 0.422. The van der Waals surface area contributed by atoms with E-state index in [1.54, 1.807) is 18.4 Å². The minimum Gasteiger partial charge on any atom is -0.379 e. The molecule has 2 aromatic rings. The number of aryl methyl sites for hydroxylation is 1. The van der Waals surface area contributed by atoms with E-state index in [0.29, 0.717) is 25.1 Å². The lowest BCUT2D eigenvalue weighted by molar-refractivity contribution is -0.128. The molecule has 140 valence electrons. The number of carbonyl (C=O) groups is 2. The number of amides is 2. The van der Waals surface area contributed by atoms with E-state index in [9.17, 15) is 9.59 Å². The number of nitrogens with one attached hydrogen (secondary N) is 3. The zero-order chi connectivity index (χ0) is 18.5. The van der Waals surface area contributed by atoms with Gasteiger partial charge in [0.25, 0.3) is 5.91 Å². The Morgan fingerprint density at radius 1 is 1.38 bits per heavy atom. The van der Waals surface area contributed by atoms with Crippen LogP contribution in [0, 0.1) is 12.8 Å². The molecule has 3 unspecified atom stereocenters. The Morgan fingerprint density at radius 3 is 2.88 bits per heavy atom. The summed E-state index contributed by atoms with van der Waals surface area (Å²) >= 11 is 1.69. The fourth-order valence-corrected chi connectivity index (χ4v) is 4.15. The second-order valence-corrected chi connectivity index (χ2v) is 7.93. The molecule has 0 bridgehead atoms. The molecule has 3 atom stereocenters. The molecule has 0 aromatic carbocycles. The number of carbonyl (C=O) groups excluding carboxylic acids is 2. The van der Waals surface area contributed by atoms with Gasteiger partial charge in [0.1, 0.15) is 5.69 Å². The maximum Gasteiger partial charge on any atom is 0.269 e. The highest BCUT2D eigenvalue weighted by atomic mass is 32.1. The second-order valence-electron chi connectivity index (χ2n) is 6.56. The topological polar surface area (TPSA) is 96.1 Å². The molecule has 2 amide bonds. The number of thiophene rings is 1. The molecule has 2 aromatic heterocycles. The number of aromatic amines is 1. The van der Waals surface area contributed by atoms with Gasteiger partial charge >= 0.3 is 0 Å². The minimum absolute atomic E-state index is 0.0523. The van der Waals surface area contributed by atoms with Crippen LogP contribution in [0.1, 0.15) is 39.5 Å². The molecular weight excluding hydrogens is 352 g/mol. The highest BCUT2D eigenvalue weighted by Gasteiger charge is 2.35. The van der Waals surface area contributed by atoms with E-state index in [0.717, 1.165) is 11.3 Å². The molecule has 0 saturated heterocycles. The van der Waals surface area contributed by atoms with Gasteiger partial charge in [-0.1, -0.05) is 0 Å².